The minimum atomic E-state index is -0.112. The summed E-state index contributed by atoms with van der Waals surface area (Å²) in [6.07, 6.45) is 30.8. The molecule has 0 aliphatic rings. The van der Waals surface area contributed by atoms with Gasteiger partial charge in [0.1, 0.15) is 12.9 Å². The van der Waals surface area contributed by atoms with Gasteiger partial charge in [-0.25, -0.2) is 0 Å². The van der Waals surface area contributed by atoms with Gasteiger partial charge in [0.15, 0.2) is 0 Å². The summed E-state index contributed by atoms with van der Waals surface area (Å²) in [6.45, 7) is 8.18. The van der Waals surface area contributed by atoms with Crippen LogP contribution in [0, 0.1) is 0 Å². The molecule has 0 aliphatic carbocycles. The predicted molar refractivity (Wildman–Crippen MR) is 156 cm³/mol. The molecule has 0 fully saturated rings. The molecule has 0 unspecified atom stereocenters. The van der Waals surface area contributed by atoms with E-state index in [0.717, 1.165) is 38.8 Å². The van der Waals surface area contributed by atoms with Crippen LogP contribution in [0.25, 0.3) is 0 Å². The first-order chi connectivity index (χ1) is 17.7. The Morgan fingerprint density at radius 2 is 0.972 bits per heavy atom. The van der Waals surface area contributed by atoms with Crippen molar-refractivity contribution in [1.29, 1.82) is 0 Å². The van der Waals surface area contributed by atoms with Crippen molar-refractivity contribution < 1.29 is 14.3 Å². The second-order valence-corrected chi connectivity index (χ2v) is 10.8. The van der Waals surface area contributed by atoms with Gasteiger partial charge in [-0.15, -0.1) is 0 Å². The third kappa shape index (κ3) is 27.7. The van der Waals surface area contributed by atoms with Crippen molar-refractivity contribution in [2.45, 2.75) is 168 Å². The zero-order chi connectivity index (χ0) is 26.4. The van der Waals surface area contributed by atoms with E-state index in [4.69, 9.17) is 4.74 Å². The topological polar surface area (TPSA) is 46.6 Å². The van der Waals surface area contributed by atoms with E-state index in [1.54, 1.807) is 0 Å². The molecule has 4 heteroatoms. The standard InChI is InChI=1S/C32H63NO3/c1-3-5-7-9-11-13-15-17-19-23-27-33(29-31-36-32(35)26-22-21-25-30-34)28-24-20-18-16-14-12-10-8-6-4-2/h30H,3-29,31H2,1-2H3. The largest absolute Gasteiger partial charge is 0.464 e. The molecule has 0 aromatic carbocycles. The van der Waals surface area contributed by atoms with Gasteiger partial charge in [-0.2, -0.15) is 0 Å². The van der Waals surface area contributed by atoms with Crippen LogP contribution in [0.3, 0.4) is 0 Å². The first-order valence-electron chi connectivity index (χ1n) is 16.1. The lowest BCUT2D eigenvalue weighted by molar-refractivity contribution is -0.144. The molecule has 36 heavy (non-hydrogen) atoms. The number of ether oxygens (including phenoxy) is 1. The summed E-state index contributed by atoms with van der Waals surface area (Å²) in [4.78, 5) is 24.9. The fraction of sp³-hybridized carbons (Fsp3) is 0.938. The molecule has 214 valence electrons. The normalized spacial score (nSPS) is 11.3. The van der Waals surface area contributed by atoms with Crippen LogP contribution < -0.4 is 0 Å². The second-order valence-electron chi connectivity index (χ2n) is 10.8. The van der Waals surface area contributed by atoms with Crippen LogP contribution >= 0.6 is 0 Å². The molecule has 0 radical (unpaired) electrons. The number of carbonyl (C=O) groups is 2. The van der Waals surface area contributed by atoms with Gasteiger partial charge >= 0.3 is 5.97 Å². The molecule has 0 aliphatic heterocycles. The Morgan fingerprint density at radius 3 is 1.39 bits per heavy atom. The van der Waals surface area contributed by atoms with E-state index in [1.165, 1.54) is 128 Å². The highest BCUT2D eigenvalue weighted by atomic mass is 16.5. The lowest BCUT2D eigenvalue weighted by atomic mass is 10.1. The zero-order valence-corrected chi connectivity index (χ0v) is 24.5. The molecule has 4 nitrogen and oxygen atoms in total. The number of esters is 1. The summed E-state index contributed by atoms with van der Waals surface area (Å²) >= 11 is 0. The maximum atomic E-state index is 11.9. The molecule has 0 saturated heterocycles. The van der Waals surface area contributed by atoms with Crippen LogP contribution in [-0.4, -0.2) is 43.4 Å². The molecule has 0 aromatic rings. The van der Waals surface area contributed by atoms with E-state index >= 15 is 0 Å². The third-order valence-corrected chi connectivity index (χ3v) is 7.28. The molecule has 0 saturated carbocycles. The summed E-state index contributed by atoms with van der Waals surface area (Å²) in [5, 5.41) is 0. The maximum absolute atomic E-state index is 11.9. The van der Waals surface area contributed by atoms with Crippen LogP contribution in [0.1, 0.15) is 168 Å². The van der Waals surface area contributed by atoms with Gasteiger partial charge in [-0.3, -0.25) is 9.69 Å². The van der Waals surface area contributed by atoms with Crippen molar-refractivity contribution in [3.63, 3.8) is 0 Å². The van der Waals surface area contributed by atoms with Crippen molar-refractivity contribution in [1.82, 2.24) is 4.90 Å². The minimum Gasteiger partial charge on any atom is -0.464 e. The molecule has 0 amide bonds. The number of hydrogen-bond donors (Lipinski definition) is 0. The molecule has 0 spiro atoms. The van der Waals surface area contributed by atoms with E-state index in [2.05, 4.69) is 18.7 Å². The van der Waals surface area contributed by atoms with Crippen LogP contribution in [0.2, 0.25) is 0 Å². The molecule has 0 atom stereocenters. The summed E-state index contributed by atoms with van der Waals surface area (Å²) in [7, 11) is 0. The SMILES string of the molecule is CCCCCCCCCCCCN(CCCCCCCCCCCC)CCOC(=O)CCCCC=O. The van der Waals surface area contributed by atoms with Crippen LogP contribution in [-0.2, 0) is 14.3 Å². The first-order valence-corrected chi connectivity index (χ1v) is 16.1. The van der Waals surface area contributed by atoms with E-state index in [9.17, 15) is 9.59 Å². The molecule has 0 bridgehead atoms. The Morgan fingerprint density at radius 1 is 0.556 bits per heavy atom. The zero-order valence-electron chi connectivity index (χ0n) is 24.5. The van der Waals surface area contributed by atoms with Crippen LogP contribution in [0.5, 0.6) is 0 Å². The fourth-order valence-corrected chi connectivity index (χ4v) is 4.84. The molecule has 0 N–H and O–H groups in total. The number of carbonyl (C=O) groups excluding carboxylic acids is 2. The summed E-state index contributed by atoms with van der Waals surface area (Å²) < 4.78 is 5.48. The van der Waals surface area contributed by atoms with Crippen molar-refractivity contribution in [3.05, 3.63) is 0 Å². The summed E-state index contributed by atoms with van der Waals surface area (Å²) in [5.41, 5.74) is 0. The molecular formula is C32H63NO3. The van der Waals surface area contributed by atoms with Gasteiger partial charge in [0.2, 0.25) is 0 Å². The Labute approximate surface area is 225 Å². The Bertz CT molecular complexity index is 431. The minimum absolute atomic E-state index is 0.112. The summed E-state index contributed by atoms with van der Waals surface area (Å²) in [6, 6.07) is 0. The lowest BCUT2D eigenvalue weighted by Gasteiger charge is -2.22. The van der Waals surface area contributed by atoms with Gasteiger partial charge in [-0.05, 0) is 38.8 Å². The molecular weight excluding hydrogens is 446 g/mol. The number of rotatable bonds is 30. The van der Waals surface area contributed by atoms with E-state index in [1.807, 2.05) is 0 Å². The van der Waals surface area contributed by atoms with E-state index < -0.39 is 0 Å². The van der Waals surface area contributed by atoms with Crippen LogP contribution in [0.15, 0.2) is 0 Å². The van der Waals surface area contributed by atoms with Crippen molar-refractivity contribution >= 4 is 12.3 Å². The van der Waals surface area contributed by atoms with Gasteiger partial charge < -0.3 is 9.53 Å². The quantitative estimate of drug-likeness (QED) is 0.0549. The number of unbranched alkanes of at least 4 members (excludes halogenated alkanes) is 20. The lowest BCUT2D eigenvalue weighted by Crippen LogP contribution is -2.30. The average molecular weight is 510 g/mol. The van der Waals surface area contributed by atoms with Crippen LogP contribution in [0.4, 0.5) is 0 Å². The van der Waals surface area contributed by atoms with Gasteiger partial charge in [0.25, 0.3) is 0 Å². The smallest absolute Gasteiger partial charge is 0.305 e. The molecule has 0 rings (SSSR count). The van der Waals surface area contributed by atoms with Crippen molar-refractivity contribution in [3.8, 4) is 0 Å². The highest BCUT2D eigenvalue weighted by molar-refractivity contribution is 5.69. The van der Waals surface area contributed by atoms with E-state index in [-0.39, 0.29) is 5.97 Å². The first kappa shape index (κ1) is 35.1. The average Bonchev–Trinajstić information content (AvgIpc) is 2.88. The second kappa shape index (κ2) is 30.3. The summed E-state index contributed by atoms with van der Waals surface area (Å²) in [5.74, 6) is -0.112. The Kier molecular flexibility index (Phi) is 29.6. The number of hydrogen-bond acceptors (Lipinski definition) is 4. The van der Waals surface area contributed by atoms with Crippen molar-refractivity contribution in [2.75, 3.05) is 26.2 Å². The molecule has 0 aromatic heterocycles. The van der Waals surface area contributed by atoms with Gasteiger partial charge in [0, 0.05) is 19.4 Å². The van der Waals surface area contributed by atoms with E-state index in [0.29, 0.717) is 19.4 Å². The fourth-order valence-electron chi connectivity index (χ4n) is 4.84. The number of aldehydes is 1. The Hall–Kier alpha value is -0.900. The van der Waals surface area contributed by atoms with Gasteiger partial charge in [0.05, 0.1) is 0 Å². The number of nitrogens with zero attached hydrogens (tertiary/aromatic N) is 1. The Balaban J connectivity index is 3.99. The third-order valence-electron chi connectivity index (χ3n) is 7.28. The highest BCUT2D eigenvalue weighted by Gasteiger charge is 2.08. The predicted octanol–water partition coefficient (Wildman–Crippen LogP) is 9.43. The van der Waals surface area contributed by atoms with Gasteiger partial charge in [-0.1, -0.05) is 129 Å². The monoisotopic (exact) mass is 509 g/mol. The van der Waals surface area contributed by atoms with Crippen molar-refractivity contribution in [2.24, 2.45) is 0 Å². The highest BCUT2D eigenvalue weighted by Crippen LogP contribution is 2.13. The maximum Gasteiger partial charge on any atom is 0.305 e. The molecule has 0 heterocycles.